The number of carbonyl (C=O) groups is 3. The molecule has 278 valence electrons. The number of aromatic nitrogens is 4. The highest BCUT2D eigenvalue weighted by molar-refractivity contribution is 5.95. The molecule has 0 bridgehead atoms. The number of carbonyl (C=O) groups excluding carboxylic acids is 3. The summed E-state index contributed by atoms with van der Waals surface area (Å²) in [4.78, 5) is 61.2. The van der Waals surface area contributed by atoms with Gasteiger partial charge in [0, 0.05) is 113 Å². The van der Waals surface area contributed by atoms with E-state index in [4.69, 9.17) is 5.73 Å². The number of ether oxygens (including phenoxy) is 1. The molecule has 0 unspecified atom stereocenters. The molecule has 3 N–H and O–H groups in total. The van der Waals surface area contributed by atoms with Gasteiger partial charge in [-0.05, 0) is 60.7 Å². The van der Waals surface area contributed by atoms with Gasteiger partial charge in [0.2, 0.25) is 0 Å². The van der Waals surface area contributed by atoms with Crippen molar-refractivity contribution in [2.75, 3.05) is 80.3 Å². The van der Waals surface area contributed by atoms with Gasteiger partial charge in [0.05, 0.1) is 23.8 Å². The van der Waals surface area contributed by atoms with E-state index in [0.29, 0.717) is 54.5 Å². The van der Waals surface area contributed by atoms with Crippen molar-refractivity contribution < 1.29 is 23.5 Å². The van der Waals surface area contributed by atoms with E-state index in [9.17, 15) is 18.8 Å². The van der Waals surface area contributed by atoms with E-state index in [2.05, 4.69) is 39.8 Å². The van der Waals surface area contributed by atoms with Crippen LogP contribution in [-0.4, -0.2) is 107 Å². The predicted molar refractivity (Wildman–Crippen MR) is 203 cm³/mol. The topological polar surface area (TPSA) is 163 Å². The SMILES string of the molecule is COC(=O)c1ccc(CNc2ccc(C(=O)N3CCN(c4ccncc4)CC3)cn2)c(F)c1.Nc1ccc(C(=O)N2CCN(c3ccncc3)CC2)cn1. The van der Waals surface area contributed by atoms with E-state index in [1.165, 1.54) is 31.6 Å². The lowest BCUT2D eigenvalue weighted by molar-refractivity contribution is 0.0599. The van der Waals surface area contributed by atoms with Crippen LogP contribution in [0.25, 0.3) is 0 Å². The van der Waals surface area contributed by atoms with Crippen molar-refractivity contribution in [1.82, 2.24) is 29.7 Å². The number of piperazine rings is 2. The Labute approximate surface area is 312 Å². The van der Waals surface area contributed by atoms with Gasteiger partial charge in [0.15, 0.2) is 0 Å². The first-order valence-electron chi connectivity index (χ1n) is 17.5. The molecule has 0 aliphatic carbocycles. The van der Waals surface area contributed by atoms with Crippen LogP contribution < -0.4 is 20.9 Å². The first-order chi connectivity index (χ1) is 26.3. The molecule has 4 aromatic heterocycles. The fraction of sp³-hybridized carbons (Fsp3) is 0.256. The number of nitrogens with zero attached hydrogens (tertiary/aromatic N) is 8. The second-order valence-corrected chi connectivity index (χ2v) is 12.5. The van der Waals surface area contributed by atoms with Crippen LogP contribution in [0.3, 0.4) is 0 Å². The van der Waals surface area contributed by atoms with Crippen LogP contribution in [0.5, 0.6) is 0 Å². The second-order valence-electron chi connectivity index (χ2n) is 12.5. The number of amides is 2. The number of nitrogens with one attached hydrogen (secondary N) is 1. The number of anilines is 4. The third-order valence-corrected chi connectivity index (χ3v) is 9.17. The Balaban J connectivity index is 0.000000203. The van der Waals surface area contributed by atoms with Crippen molar-refractivity contribution in [3.05, 3.63) is 132 Å². The maximum atomic E-state index is 14.2. The Kier molecular flexibility index (Phi) is 12.2. The number of nitrogen functional groups attached to an aromatic ring is 1. The Morgan fingerprint density at radius 2 is 1.19 bits per heavy atom. The highest BCUT2D eigenvalue weighted by Gasteiger charge is 2.24. The summed E-state index contributed by atoms with van der Waals surface area (Å²) in [6, 6.07) is 18.9. The van der Waals surface area contributed by atoms with Gasteiger partial charge in [0.25, 0.3) is 11.8 Å². The fourth-order valence-electron chi connectivity index (χ4n) is 6.09. The van der Waals surface area contributed by atoms with E-state index >= 15 is 0 Å². The zero-order valence-electron chi connectivity index (χ0n) is 29.8. The van der Waals surface area contributed by atoms with Gasteiger partial charge in [-0.1, -0.05) is 6.07 Å². The van der Waals surface area contributed by atoms with Crippen LogP contribution in [0.1, 0.15) is 36.6 Å². The lowest BCUT2D eigenvalue weighted by Gasteiger charge is -2.36. The summed E-state index contributed by atoms with van der Waals surface area (Å²) < 4.78 is 18.8. The standard InChI is InChI=1S/C24H24FN5O3.C15H17N5O/c1-33-24(32)17-2-3-18(21(25)14-17)15-27-22-5-4-19(16-28-22)23(31)30-12-10-29(11-13-30)20-6-8-26-9-7-20;16-14-2-1-12(11-18-14)15(21)20-9-7-19(8-10-20)13-3-5-17-6-4-13/h2-9,14,16H,10-13,15H2,1H3,(H,27,28);1-6,11H,7-10H2,(H2,16,18). The summed E-state index contributed by atoms with van der Waals surface area (Å²) in [6.45, 7) is 5.98. The molecular weight excluding hydrogens is 691 g/mol. The molecule has 2 saturated heterocycles. The number of rotatable bonds is 8. The van der Waals surface area contributed by atoms with E-state index in [1.54, 1.807) is 49.1 Å². The molecule has 15 heteroatoms. The first-order valence-corrected chi connectivity index (χ1v) is 17.5. The highest BCUT2D eigenvalue weighted by Crippen LogP contribution is 2.19. The average Bonchev–Trinajstić information content (AvgIpc) is 3.24. The monoisotopic (exact) mass is 732 g/mol. The summed E-state index contributed by atoms with van der Waals surface area (Å²) >= 11 is 0. The zero-order valence-corrected chi connectivity index (χ0v) is 29.8. The molecule has 2 amide bonds. The summed E-state index contributed by atoms with van der Waals surface area (Å²) in [5.74, 6) is -0.207. The Hall–Kier alpha value is -6.64. The van der Waals surface area contributed by atoms with Gasteiger partial charge in [-0.15, -0.1) is 0 Å². The minimum Gasteiger partial charge on any atom is -0.465 e. The van der Waals surface area contributed by atoms with Gasteiger partial charge in [-0.3, -0.25) is 19.6 Å². The molecule has 0 spiro atoms. The number of hydrogen-bond donors (Lipinski definition) is 2. The third-order valence-electron chi connectivity index (χ3n) is 9.17. The molecule has 0 radical (unpaired) electrons. The molecule has 0 saturated carbocycles. The lowest BCUT2D eigenvalue weighted by Crippen LogP contribution is -2.48. The second kappa shape index (κ2) is 17.7. The normalized spacial score (nSPS) is 14.1. The fourth-order valence-corrected chi connectivity index (χ4v) is 6.09. The molecule has 7 rings (SSSR count). The summed E-state index contributed by atoms with van der Waals surface area (Å²) in [6.07, 6.45) is 10.2. The van der Waals surface area contributed by atoms with E-state index in [1.807, 2.05) is 34.1 Å². The first kappa shape index (κ1) is 37.1. The number of halogens is 1. The number of esters is 1. The lowest BCUT2D eigenvalue weighted by atomic mass is 10.1. The Bertz CT molecular complexity index is 2010. The van der Waals surface area contributed by atoms with Gasteiger partial charge in [0.1, 0.15) is 17.5 Å². The summed E-state index contributed by atoms with van der Waals surface area (Å²) in [5, 5.41) is 3.03. The van der Waals surface area contributed by atoms with E-state index < -0.39 is 11.8 Å². The van der Waals surface area contributed by atoms with Crippen LogP contribution in [0.15, 0.2) is 104 Å². The summed E-state index contributed by atoms with van der Waals surface area (Å²) in [7, 11) is 1.25. The number of pyridine rings is 4. The van der Waals surface area contributed by atoms with Crippen molar-refractivity contribution >= 4 is 40.8 Å². The van der Waals surface area contributed by atoms with Crippen molar-refractivity contribution in [3.63, 3.8) is 0 Å². The molecule has 54 heavy (non-hydrogen) atoms. The number of hydrogen-bond acceptors (Lipinski definition) is 12. The maximum absolute atomic E-state index is 14.2. The summed E-state index contributed by atoms with van der Waals surface area (Å²) in [5.41, 5.74) is 9.42. The van der Waals surface area contributed by atoms with Crippen LogP contribution in [0, 0.1) is 5.82 Å². The molecule has 6 heterocycles. The van der Waals surface area contributed by atoms with Crippen molar-refractivity contribution in [1.29, 1.82) is 0 Å². The molecule has 0 atom stereocenters. The average molecular weight is 733 g/mol. The molecular formula is C39H41FN10O4. The van der Waals surface area contributed by atoms with Gasteiger partial charge < -0.3 is 35.4 Å². The van der Waals surface area contributed by atoms with Crippen molar-refractivity contribution in [3.8, 4) is 0 Å². The highest BCUT2D eigenvalue weighted by atomic mass is 19.1. The Morgan fingerprint density at radius 3 is 1.63 bits per heavy atom. The molecule has 2 aliphatic heterocycles. The molecule has 2 aliphatic rings. The van der Waals surface area contributed by atoms with Gasteiger partial charge >= 0.3 is 5.97 Å². The molecule has 1 aromatic carbocycles. The molecule has 5 aromatic rings. The Morgan fingerprint density at radius 1 is 0.685 bits per heavy atom. The van der Waals surface area contributed by atoms with Gasteiger partial charge in [-0.25, -0.2) is 19.2 Å². The largest absolute Gasteiger partial charge is 0.465 e. The smallest absolute Gasteiger partial charge is 0.337 e. The van der Waals surface area contributed by atoms with Crippen molar-refractivity contribution in [2.24, 2.45) is 0 Å². The van der Waals surface area contributed by atoms with Crippen LogP contribution >= 0.6 is 0 Å². The van der Waals surface area contributed by atoms with Crippen LogP contribution in [-0.2, 0) is 11.3 Å². The number of nitrogens with two attached hydrogens (primary N) is 1. The van der Waals surface area contributed by atoms with Crippen LogP contribution in [0.4, 0.5) is 27.4 Å². The minimum atomic E-state index is -0.589. The van der Waals surface area contributed by atoms with Gasteiger partial charge in [-0.2, -0.15) is 0 Å². The zero-order chi connectivity index (χ0) is 37.9. The minimum absolute atomic E-state index is 0.0110. The predicted octanol–water partition coefficient (Wildman–Crippen LogP) is 4.00. The van der Waals surface area contributed by atoms with E-state index in [0.717, 1.165) is 43.6 Å². The number of methoxy groups -OCH3 is 1. The maximum Gasteiger partial charge on any atom is 0.337 e. The van der Waals surface area contributed by atoms with E-state index in [-0.39, 0.29) is 23.9 Å². The molecule has 14 nitrogen and oxygen atoms in total. The quantitative estimate of drug-likeness (QED) is 0.221. The van der Waals surface area contributed by atoms with Crippen LogP contribution in [0.2, 0.25) is 0 Å². The van der Waals surface area contributed by atoms with Crippen molar-refractivity contribution in [2.45, 2.75) is 6.54 Å². The molecule has 2 fully saturated rings. The third kappa shape index (κ3) is 9.42. The number of benzene rings is 1.